The topological polar surface area (TPSA) is 0 Å². The van der Waals surface area contributed by atoms with Crippen LogP contribution < -0.4 is 31.8 Å². The van der Waals surface area contributed by atoms with E-state index in [1.54, 1.807) is 0 Å². The highest BCUT2D eigenvalue weighted by Crippen LogP contribution is 2.48. The molecule has 0 fully saturated rings. The van der Waals surface area contributed by atoms with E-state index in [0.717, 1.165) is 0 Å². The molecule has 0 N–H and O–H groups in total. The third kappa shape index (κ3) is 12.5. The minimum atomic E-state index is -1.41. The van der Waals surface area contributed by atoms with Gasteiger partial charge in [-0.25, -0.2) is 0 Å². The summed E-state index contributed by atoms with van der Waals surface area (Å²) in [5.74, 6) is 0. The normalized spacial score (nSPS) is 11.5. The summed E-state index contributed by atoms with van der Waals surface area (Å²) in [7, 11) is -2.83. The second-order valence-corrected chi connectivity index (χ2v) is 31.7. The van der Waals surface area contributed by atoms with Gasteiger partial charge >= 0.3 is 0 Å². The Morgan fingerprint density at radius 2 is 0.271 bits per heavy atom. The highest BCUT2D eigenvalue weighted by atomic mass is 31.1. The van der Waals surface area contributed by atoms with Gasteiger partial charge in [0.25, 0.3) is 0 Å². The van der Waals surface area contributed by atoms with E-state index in [2.05, 4.69) is 353 Å². The van der Waals surface area contributed by atoms with Gasteiger partial charge in [0.05, 0.1) is 0 Å². The van der Waals surface area contributed by atoms with Crippen molar-refractivity contribution in [1.82, 2.24) is 0 Å². The van der Waals surface area contributed by atoms with Gasteiger partial charge in [0.2, 0.25) is 0 Å². The van der Waals surface area contributed by atoms with Crippen LogP contribution >= 0.6 is 15.8 Å². The standard InChI is InChI=1S/C94H88P2/c1-57-27-19-28-58(2)87(57)73-45-74(88-59(3)29-20-30-60(88)4)50-81(49-73)95(82-51-75(89-61(5)31-21-32-62(89)6)46-76(52-82)90-63(7)33-22-34-64(90)8)85-43-17-18-44-86(85)96(83-53-77(91-65(9)35-23-36-66(91)10)47-78(54-83)92-67(11)37-24-38-68(92)12)84-55-79(93-69(13)39-25-40-70(93)14)48-80(56-84)94-71(15)41-26-42-72(94)16/h17-56H,1-16H3. The molecule has 0 radical (unpaired) electrons. The summed E-state index contributed by atoms with van der Waals surface area (Å²) in [4.78, 5) is 0. The second kappa shape index (κ2) is 27.1. The molecule has 13 rings (SSSR count). The molecule has 0 nitrogen and oxygen atoms in total. The fourth-order valence-corrected chi connectivity index (χ4v) is 21.5. The van der Waals surface area contributed by atoms with Crippen molar-refractivity contribution in [3.05, 3.63) is 332 Å². The number of benzene rings is 13. The lowest BCUT2D eigenvalue weighted by Crippen LogP contribution is -2.35. The van der Waals surface area contributed by atoms with Crippen LogP contribution in [-0.2, 0) is 0 Å². The SMILES string of the molecule is Cc1cccc(C)c1-c1cc(-c2c(C)cccc2C)cc(P(c2cc(-c3c(C)cccc3C)cc(-c3c(C)cccc3C)c2)c2ccccc2P(c2cc(-c3c(C)cccc3C)cc(-c3c(C)cccc3C)c2)c2cc(-c3c(C)cccc3C)cc(-c3c(C)cccc3C)c2)c1. The van der Waals surface area contributed by atoms with Crippen LogP contribution in [0, 0.1) is 111 Å². The Morgan fingerprint density at radius 1 is 0.146 bits per heavy atom. The molecule has 0 aliphatic carbocycles. The molecule has 0 saturated heterocycles. The van der Waals surface area contributed by atoms with Crippen LogP contribution in [0.2, 0.25) is 0 Å². The fraction of sp³-hybridized carbons (Fsp3) is 0.170. The lowest BCUT2D eigenvalue weighted by atomic mass is 9.90. The zero-order chi connectivity index (χ0) is 67.4. The van der Waals surface area contributed by atoms with Gasteiger partial charge in [-0.05, 0) is 409 Å². The molecule has 0 amide bonds. The zero-order valence-electron chi connectivity index (χ0n) is 59.0. The van der Waals surface area contributed by atoms with Crippen LogP contribution in [0.3, 0.4) is 0 Å². The minimum absolute atomic E-state index is 1.24. The Kier molecular flexibility index (Phi) is 18.4. The Bertz CT molecular complexity index is 4140. The first-order valence-electron chi connectivity index (χ1n) is 34.0. The molecule has 0 aliphatic heterocycles. The Balaban J connectivity index is 1.23. The van der Waals surface area contributed by atoms with Crippen molar-refractivity contribution in [3.63, 3.8) is 0 Å². The van der Waals surface area contributed by atoms with Crippen LogP contribution in [0.1, 0.15) is 89.0 Å². The molecule has 0 aliphatic rings. The summed E-state index contributed by atoms with van der Waals surface area (Å²) in [6.07, 6.45) is 0. The fourth-order valence-electron chi connectivity index (χ4n) is 16.0. The van der Waals surface area contributed by atoms with Gasteiger partial charge in [0.15, 0.2) is 0 Å². The van der Waals surface area contributed by atoms with E-state index in [1.165, 1.54) is 210 Å². The molecule has 0 aromatic heterocycles. The van der Waals surface area contributed by atoms with Gasteiger partial charge in [0.1, 0.15) is 0 Å². The van der Waals surface area contributed by atoms with E-state index in [1.807, 2.05) is 0 Å². The molecule has 0 spiro atoms. The lowest BCUT2D eigenvalue weighted by Gasteiger charge is -2.30. The number of rotatable bonds is 14. The van der Waals surface area contributed by atoms with E-state index in [-0.39, 0.29) is 0 Å². The monoisotopic (exact) mass is 1280 g/mol. The zero-order valence-corrected chi connectivity index (χ0v) is 60.8. The highest BCUT2D eigenvalue weighted by Gasteiger charge is 2.31. The molecular formula is C94H88P2. The van der Waals surface area contributed by atoms with Gasteiger partial charge < -0.3 is 0 Å². The average molecular weight is 1280 g/mol. The van der Waals surface area contributed by atoms with E-state index in [0.29, 0.717) is 0 Å². The maximum Gasteiger partial charge on any atom is -0.00675 e. The van der Waals surface area contributed by atoms with E-state index < -0.39 is 15.8 Å². The van der Waals surface area contributed by atoms with Crippen LogP contribution in [0.5, 0.6) is 0 Å². The van der Waals surface area contributed by atoms with Crippen molar-refractivity contribution in [2.75, 3.05) is 0 Å². The summed E-state index contributed by atoms with van der Waals surface area (Å²) in [5.41, 5.74) is 40.7. The van der Waals surface area contributed by atoms with Crippen molar-refractivity contribution in [3.8, 4) is 89.0 Å². The van der Waals surface area contributed by atoms with Crippen molar-refractivity contribution >= 4 is 47.7 Å². The molecule has 0 atom stereocenters. The van der Waals surface area contributed by atoms with Crippen LogP contribution in [-0.4, -0.2) is 0 Å². The predicted molar refractivity (Wildman–Crippen MR) is 423 cm³/mol. The largest absolute Gasteiger partial charge is 0.0617 e. The van der Waals surface area contributed by atoms with Crippen LogP contribution in [0.4, 0.5) is 0 Å². The molecule has 2 heteroatoms. The Hall–Kier alpha value is -9.28. The van der Waals surface area contributed by atoms with Gasteiger partial charge in [-0.15, -0.1) is 0 Å². The summed E-state index contributed by atoms with van der Waals surface area (Å²) >= 11 is 0. The van der Waals surface area contributed by atoms with Crippen molar-refractivity contribution in [2.45, 2.75) is 111 Å². The third-order valence-electron chi connectivity index (χ3n) is 20.2. The lowest BCUT2D eigenvalue weighted by molar-refractivity contribution is 1.36. The third-order valence-corrected chi connectivity index (χ3v) is 25.2. The van der Waals surface area contributed by atoms with Crippen LogP contribution in [0.25, 0.3) is 89.0 Å². The molecule has 96 heavy (non-hydrogen) atoms. The first kappa shape index (κ1) is 65.4. The first-order valence-corrected chi connectivity index (χ1v) is 36.7. The number of hydrogen-bond donors (Lipinski definition) is 0. The van der Waals surface area contributed by atoms with Crippen molar-refractivity contribution in [1.29, 1.82) is 0 Å². The summed E-state index contributed by atoms with van der Waals surface area (Å²) in [6, 6.07) is 95.0. The maximum absolute atomic E-state index is 2.60. The van der Waals surface area contributed by atoms with Crippen molar-refractivity contribution in [2.24, 2.45) is 0 Å². The minimum Gasteiger partial charge on any atom is -0.0617 e. The summed E-state index contributed by atoms with van der Waals surface area (Å²) in [6.45, 7) is 36.7. The molecule has 0 bridgehead atoms. The Labute approximate surface area is 575 Å². The van der Waals surface area contributed by atoms with Gasteiger partial charge in [-0.1, -0.05) is 170 Å². The molecule has 0 saturated carbocycles. The molecule has 0 unspecified atom stereocenters. The van der Waals surface area contributed by atoms with E-state index >= 15 is 0 Å². The van der Waals surface area contributed by atoms with Gasteiger partial charge in [-0.3, -0.25) is 0 Å². The van der Waals surface area contributed by atoms with Gasteiger partial charge in [-0.2, -0.15) is 0 Å². The number of hydrogen-bond acceptors (Lipinski definition) is 0. The molecular weight excluding hydrogens is 1190 g/mol. The van der Waals surface area contributed by atoms with Gasteiger partial charge in [0, 0.05) is 0 Å². The quantitative estimate of drug-likeness (QED) is 0.0952. The van der Waals surface area contributed by atoms with Crippen LogP contribution in [0.15, 0.2) is 243 Å². The summed E-state index contributed by atoms with van der Waals surface area (Å²) < 4.78 is 0. The second-order valence-electron chi connectivity index (χ2n) is 27.4. The summed E-state index contributed by atoms with van der Waals surface area (Å²) in [5, 5.41) is 7.98. The molecule has 13 aromatic carbocycles. The molecule has 0 heterocycles. The highest BCUT2D eigenvalue weighted by molar-refractivity contribution is 7.85. The maximum atomic E-state index is 2.60. The van der Waals surface area contributed by atoms with E-state index in [4.69, 9.17) is 0 Å². The van der Waals surface area contributed by atoms with Crippen molar-refractivity contribution < 1.29 is 0 Å². The predicted octanol–water partition coefficient (Wildman–Crippen LogP) is 23.5. The average Bonchev–Trinajstić information content (AvgIpc) is 0.892. The first-order chi connectivity index (χ1) is 46.2. The molecule has 474 valence electrons. The van der Waals surface area contributed by atoms with E-state index in [9.17, 15) is 0 Å². The smallest absolute Gasteiger partial charge is 0.00675 e. The number of aryl methyl sites for hydroxylation is 16. The Morgan fingerprint density at radius 3 is 0.396 bits per heavy atom. The molecule has 13 aromatic rings.